The molecule has 19 heavy (non-hydrogen) atoms. The molecule has 0 aromatic carbocycles. The Morgan fingerprint density at radius 1 is 1.32 bits per heavy atom. The van der Waals surface area contributed by atoms with Crippen LogP contribution in [0.3, 0.4) is 0 Å². The highest BCUT2D eigenvalue weighted by molar-refractivity contribution is 8.00. The highest BCUT2D eigenvalue weighted by Crippen LogP contribution is 2.19. The first-order valence-electron chi connectivity index (χ1n) is 7.08. The minimum atomic E-state index is -0.331. The number of ether oxygens (including phenoxy) is 2. The summed E-state index contributed by atoms with van der Waals surface area (Å²) in [6.07, 6.45) is 1.97. The predicted octanol–water partition coefficient (Wildman–Crippen LogP) is 0.987. The second-order valence-corrected chi connectivity index (χ2v) is 5.69. The summed E-state index contributed by atoms with van der Waals surface area (Å²) in [4.78, 5) is 11.7. The monoisotopic (exact) mass is 290 g/mol. The minimum Gasteiger partial charge on any atom is -0.351 e. The molecule has 0 aromatic heterocycles. The van der Waals surface area contributed by atoms with Crippen molar-refractivity contribution in [2.45, 2.75) is 38.2 Å². The van der Waals surface area contributed by atoms with E-state index < -0.39 is 0 Å². The molecule has 112 valence electrons. The molecule has 0 saturated carbocycles. The summed E-state index contributed by atoms with van der Waals surface area (Å²) in [5, 5.41) is 6.80. The van der Waals surface area contributed by atoms with Crippen LogP contribution in [0.4, 0.5) is 0 Å². The first-order valence-corrected chi connectivity index (χ1v) is 8.13. The lowest BCUT2D eigenvalue weighted by molar-refractivity contribution is -0.139. The summed E-state index contributed by atoms with van der Waals surface area (Å²) in [5.41, 5.74) is 0. The van der Waals surface area contributed by atoms with Gasteiger partial charge in [0.1, 0.15) is 0 Å². The van der Waals surface area contributed by atoms with Crippen LogP contribution in [0, 0.1) is 0 Å². The van der Waals surface area contributed by atoms with Gasteiger partial charge in [-0.3, -0.25) is 4.79 Å². The van der Waals surface area contributed by atoms with Crippen LogP contribution in [0.2, 0.25) is 0 Å². The fraction of sp³-hybridized carbons (Fsp3) is 0.923. The number of thioether (sulfide) groups is 1. The average Bonchev–Trinajstić information content (AvgIpc) is 2.44. The normalized spacial score (nSPS) is 16.8. The van der Waals surface area contributed by atoms with E-state index in [0.717, 1.165) is 25.9 Å². The van der Waals surface area contributed by atoms with Gasteiger partial charge in [-0.1, -0.05) is 0 Å². The van der Waals surface area contributed by atoms with E-state index in [9.17, 15) is 4.79 Å². The number of carbonyl (C=O) groups is 1. The molecule has 1 aliphatic heterocycles. The van der Waals surface area contributed by atoms with Crippen LogP contribution in [0.5, 0.6) is 0 Å². The van der Waals surface area contributed by atoms with Gasteiger partial charge in [-0.2, -0.15) is 0 Å². The summed E-state index contributed by atoms with van der Waals surface area (Å²) in [6.45, 7) is 7.57. The maximum Gasteiger partial charge on any atom is 0.230 e. The SMILES string of the molecule is CCOC(CNC(=O)CSC1CCNCC1)OCC. The van der Waals surface area contributed by atoms with Gasteiger partial charge >= 0.3 is 0 Å². The van der Waals surface area contributed by atoms with Crippen molar-refractivity contribution in [1.29, 1.82) is 0 Å². The van der Waals surface area contributed by atoms with E-state index in [4.69, 9.17) is 9.47 Å². The van der Waals surface area contributed by atoms with Gasteiger partial charge in [-0.05, 0) is 39.8 Å². The van der Waals surface area contributed by atoms with E-state index >= 15 is 0 Å². The Morgan fingerprint density at radius 2 is 1.95 bits per heavy atom. The summed E-state index contributed by atoms with van der Waals surface area (Å²) in [6, 6.07) is 0. The number of nitrogens with one attached hydrogen (secondary N) is 2. The fourth-order valence-corrected chi connectivity index (χ4v) is 3.00. The molecule has 1 saturated heterocycles. The number of hydrogen-bond acceptors (Lipinski definition) is 5. The standard InChI is InChI=1S/C13H26N2O3S/c1-3-17-13(18-4-2)9-15-12(16)10-19-11-5-7-14-8-6-11/h11,13-14H,3-10H2,1-2H3,(H,15,16). The van der Waals surface area contributed by atoms with Crippen molar-refractivity contribution < 1.29 is 14.3 Å². The van der Waals surface area contributed by atoms with Crippen LogP contribution < -0.4 is 10.6 Å². The Kier molecular flexibility index (Phi) is 9.24. The molecule has 0 atom stereocenters. The van der Waals surface area contributed by atoms with Crippen molar-refractivity contribution in [3.05, 3.63) is 0 Å². The molecule has 6 heteroatoms. The zero-order valence-corrected chi connectivity index (χ0v) is 12.8. The molecule has 0 aromatic rings. The lowest BCUT2D eigenvalue weighted by atomic mass is 10.2. The van der Waals surface area contributed by atoms with Crippen molar-refractivity contribution >= 4 is 17.7 Å². The molecule has 5 nitrogen and oxygen atoms in total. The first-order chi connectivity index (χ1) is 9.26. The predicted molar refractivity (Wildman–Crippen MR) is 78.4 cm³/mol. The fourth-order valence-electron chi connectivity index (χ4n) is 1.94. The van der Waals surface area contributed by atoms with Crippen LogP contribution in [0.1, 0.15) is 26.7 Å². The van der Waals surface area contributed by atoms with Gasteiger partial charge in [-0.15, -0.1) is 11.8 Å². The van der Waals surface area contributed by atoms with Gasteiger partial charge in [-0.25, -0.2) is 0 Å². The number of piperidine rings is 1. The highest BCUT2D eigenvalue weighted by atomic mass is 32.2. The maximum absolute atomic E-state index is 11.7. The Hall–Kier alpha value is -0.300. The van der Waals surface area contributed by atoms with Crippen LogP contribution in [-0.2, 0) is 14.3 Å². The van der Waals surface area contributed by atoms with E-state index in [1.807, 2.05) is 13.8 Å². The molecule has 1 rings (SSSR count). The molecule has 2 N–H and O–H groups in total. The molecule has 1 aliphatic rings. The van der Waals surface area contributed by atoms with E-state index in [0.29, 0.717) is 30.8 Å². The summed E-state index contributed by atoms with van der Waals surface area (Å²) in [7, 11) is 0. The van der Waals surface area contributed by atoms with Crippen LogP contribution >= 0.6 is 11.8 Å². The maximum atomic E-state index is 11.7. The topological polar surface area (TPSA) is 59.6 Å². The first kappa shape index (κ1) is 16.8. The molecule has 0 bridgehead atoms. The summed E-state index contributed by atoms with van der Waals surface area (Å²) >= 11 is 1.75. The average molecular weight is 290 g/mol. The number of hydrogen-bond donors (Lipinski definition) is 2. The largest absolute Gasteiger partial charge is 0.351 e. The zero-order valence-electron chi connectivity index (χ0n) is 11.9. The van der Waals surface area contributed by atoms with E-state index in [1.54, 1.807) is 11.8 Å². The van der Waals surface area contributed by atoms with Gasteiger partial charge in [0.25, 0.3) is 0 Å². The quantitative estimate of drug-likeness (QED) is 0.620. The van der Waals surface area contributed by atoms with Gasteiger partial charge in [0.05, 0.1) is 12.3 Å². The molecular formula is C13H26N2O3S. The van der Waals surface area contributed by atoms with Crippen molar-refractivity contribution in [2.75, 3.05) is 38.6 Å². The summed E-state index contributed by atoms with van der Waals surface area (Å²) < 4.78 is 10.8. The summed E-state index contributed by atoms with van der Waals surface area (Å²) in [5.74, 6) is 0.586. The lowest BCUT2D eigenvalue weighted by Crippen LogP contribution is -2.37. The molecule has 0 aliphatic carbocycles. The Labute approximate surface area is 120 Å². The Balaban J connectivity index is 2.11. The van der Waals surface area contributed by atoms with Crippen molar-refractivity contribution in [2.24, 2.45) is 0 Å². The number of rotatable bonds is 9. The highest BCUT2D eigenvalue weighted by Gasteiger charge is 2.15. The van der Waals surface area contributed by atoms with Crippen molar-refractivity contribution in [3.63, 3.8) is 0 Å². The molecule has 1 amide bonds. The molecule has 0 spiro atoms. The van der Waals surface area contributed by atoms with Gasteiger partial charge in [0, 0.05) is 18.5 Å². The van der Waals surface area contributed by atoms with E-state index in [1.165, 1.54) is 0 Å². The van der Waals surface area contributed by atoms with Crippen molar-refractivity contribution in [3.8, 4) is 0 Å². The zero-order chi connectivity index (χ0) is 13.9. The third-order valence-corrected chi connectivity index (χ3v) is 4.28. The molecule has 0 radical (unpaired) electrons. The number of carbonyl (C=O) groups excluding carboxylic acids is 1. The lowest BCUT2D eigenvalue weighted by Gasteiger charge is -2.22. The molecule has 0 unspecified atom stereocenters. The third kappa shape index (κ3) is 7.77. The van der Waals surface area contributed by atoms with Crippen LogP contribution in [0.25, 0.3) is 0 Å². The molecule has 1 heterocycles. The minimum absolute atomic E-state index is 0.0629. The number of amides is 1. The Morgan fingerprint density at radius 3 is 2.53 bits per heavy atom. The van der Waals surface area contributed by atoms with Crippen LogP contribution in [0.15, 0.2) is 0 Å². The smallest absolute Gasteiger partial charge is 0.230 e. The van der Waals surface area contributed by atoms with Gasteiger partial charge < -0.3 is 20.1 Å². The van der Waals surface area contributed by atoms with E-state index in [2.05, 4.69) is 10.6 Å². The van der Waals surface area contributed by atoms with Gasteiger partial charge in [0.15, 0.2) is 6.29 Å². The van der Waals surface area contributed by atoms with E-state index in [-0.39, 0.29) is 12.2 Å². The van der Waals surface area contributed by atoms with Crippen LogP contribution in [-0.4, -0.2) is 56.0 Å². The second kappa shape index (κ2) is 10.5. The second-order valence-electron chi connectivity index (χ2n) is 4.40. The van der Waals surface area contributed by atoms with Gasteiger partial charge in [0.2, 0.25) is 5.91 Å². The Bertz CT molecular complexity index is 242. The molecular weight excluding hydrogens is 264 g/mol. The van der Waals surface area contributed by atoms with Crippen molar-refractivity contribution in [1.82, 2.24) is 10.6 Å². The third-order valence-electron chi connectivity index (χ3n) is 2.91. The molecule has 1 fully saturated rings.